The molecule has 0 N–H and O–H groups in total. The average Bonchev–Trinajstić information content (AvgIpc) is 2.78. The topological polar surface area (TPSA) is 38.9 Å². The quantitative estimate of drug-likeness (QED) is 0.764. The molecule has 0 bridgehead atoms. The van der Waals surface area contributed by atoms with E-state index in [0.29, 0.717) is 11.7 Å². The van der Waals surface area contributed by atoms with Gasteiger partial charge in [-0.25, -0.2) is 0 Å². The van der Waals surface area contributed by atoms with Gasteiger partial charge in [0.15, 0.2) is 0 Å². The van der Waals surface area contributed by atoms with E-state index in [2.05, 4.69) is 35.8 Å². The fourth-order valence-electron chi connectivity index (χ4n) is 1.32. The largest absolute Gasteiger partial charge is 0.334 e. The van der Waals surface area contributed by atoms with Crippen molar-refractivity contribution < 1.29 is 4.52 Å². The third-order valence-electron chi connectivity index (χ3n) is 2.24. The number of hydrogen-bond acceptors (Lipinski definition) is 3. The lowest BCUT2D eigenvalue weighted by molar-refractivity contribution is 0.411. The molecule has 15 heavy (non-hydrogen) atoms. The van der Waals surface area contributed by atoms with Gasteiger partial charge in [-0.1, -0.05) is 42.9 Å². The van der Waals surface area contributed by atoms with E-state index < -0.39 is 0 Å². The molecule has 0 aliphatic rings. The van der Waals surface area contributed by atoms with Crippen LogP contribution in [0.5, 0.6) is 0 Å². The summed E-state index contributed by atoms with van der Waals surface area (Å²) >= 11 is 0. The minimum absolute atomic E-state index is 0.449. The Kier molecular flexibility index (Phi) is 2.63. The van der Waals surface area contributed by atoms with Gasteiger partial charge < -0.3 is 4.52 Å². The van der Waals surface area contributed by atoms with Gasteiger partial charge in [0.2, 0.25) is 11.7 Å². The van der Waals surface area contributed by atoms with Crippen LogP contribution in [0.1, 0.15) is 18.4 Å². The number of benzene rings is 1. The fraction of sp³-hybridized carbons (Fsp3) is 0.167. The summed E-state index contributed by atoms with van der Waals surface area (Å²) in [7, 11) is 0. The van der Waals surface area contributed by atoms with Crippen molar-refractivity contribution in [1.82, 2.24) is 10.1 Å². The van der Waals surface area contributed by atoms with Crippen molar-refractivity contribution in [3.63, 3.8) is 0 Å². The molecule has 0 aliphatic heterocycles. The van der Waals surface area contributed by atoms with Gasteiger partial charge in [0.1, 0.15) is 0 Å². The Balaban J connectivity index is 2.32. The molecule has 0 unspecified atom stereocenters. The van der Waals surface area contributed by atoms with Crippen LogP contribution < -0.4 is 0 Å². The molecule has 76 valence electrons. The molecule has 0 atom stereocenters. The van der Waals surface area contributed by atoms with Crippen LogP contribution in [0.2, 0.25) is 0 Å². The minimum Gasteiger partial charge on any atom is -0.334 e. The summed E-state index contributed by atoms with van der Waals surface area (Å²) < 4.78 is 4.95. The highest BCUT2D eigenvalue weighted by Gasteiger charge is 2.05. The van der Waals surface area contributed by atoms with Crippen molar-refractivity contribution in [1.29, 1.82) is 0 Å². The predicted octanol–water partition coefficient (Wildman–Crippen LogP) is 2.94. The lowest BCUT2D eigenvalue weighted by Gasteiger charge is -1.96. The van der Waals surface area contributed by atoms with Crippen LogP contribution in [-0.2, 0) is 6.42 Å². The summed E-state index contributed by atoms with van der Waals surface area (Å²) in [4.78, 5) is 4.16. The van der Waals surface area contributed by atoms with E-state index in [1.165, 1.54) is 11.6 Å². The molecule has 1 heterocycles. The Morgan fingerprint density at radius 3 is 2.60 bits per heavy atom. The standard InChI is InChI=1S/C12H12N2O/c1-3-9-5-7-10(8-6-9)12-13-11(4-2)15-14-12/h4-8H,2-3H2,1H3. The van der Waals surface area contributed by atoms with E-state index in [-0.39, 0.29) is 0 Å². The Labute approximate surface area is 88.4 Å². The van der Waals surface area contributed by atoms with Crippen molar-refractivity contribution >= 4 is 6.08 Å². The highest BCUT2D eigenvalue weighted by Crippen LogP contribution is 2.16. The van der Waals surface area contributed by atoms with E-state index in [4.69, 9.17) is 4.52 Å². The molecule has 0 amide bonds. The third kappa shape index (κ3) is 1.96. The molecular formula is C12H12N2O. The average molecular weight is 200 g/mol. The summed E-state index contributed by atoms with van der Waals surface area (Å²) in [6.45, 7) is 5.69. The first-order valence-corrected chi connectivity index (χ1v) is 4.89. The molecular weight excluding hydrogens is 188 g/mol. The molecule has 1 aromatic heterocycles. The van der Waals surface area contributed by atoms with Crippen molar-refractivity contribution in [2.24, 2.45) is 0 Å². The van der Waals surface area contributed by atoms with Gasteiger partial charge in [0, 0.05) is 5.56 Å². The summed E-state index contributed by atoms with van der Waals surface area (Å²) in [5.41, 5.74) is 2.26. The highest BCUT2D eigenvalue weighted by atomic mass is 16.5. The predicted molar refractivity (Wildman–Crippen MR) is 59.2 cm³/mol. The fourth-order valence-corrected chi connectivity index (χ4v) is 1.32. The van der Waals surface area contributed by atoms with E-state index >= 15 is 0 Å². The molecule has 3 nitrogen and oxygen atoms in total. The zero-order valence-corrected chi connectivity index (χ0v) is 8.60. The number of aromatic nitrogens is 2. The van der Waals surface area contributed by atoms with Gasteiger partial charge in [0.05, 0.1) is 0 Å². The second-order valence-corrected chi connectivity index (χ2v) is 3.21. The summed E-state index contributed by atoms with van der Waals surface area (Å²) in [5, 5.41) is 3.86. The Morgan fingerprint density at radius 2 is 2.07 bits per heavy atom. The maximum Gasteiger partial charge on any atom is 0.250 e. The number of nitrogens with zero attached hydrogens (tertiary/aromatic N) is 2. The maximum atomic E-state index is 4.95. The van der Waals surface area contributed by atoms with E-state index in [1.807, 2.05) is 12.1 Å². The van der Waals surface area contributed by atoms with Crippen molar-refractivity contribution in [2.45, 2.75) is 13.3 Å². The lowest BCUT2D eigenvalue weighted by atomic mass is 10.1. The molecule has 0 saturated carbocycles. The van der Waals surface area contributed by atoms with Gasteiger partial charge in [0.25, 0.3) is 0 Å². The first-order chi connectivity index (χ1) is 7.33. The zero-order chi connectivity index (χ0) is 10.7. The third-order valence-corrected chi connectivity index (χ3v) is 2.24. The van der Waals surface area contributed by atoms with Gasteiger partial charge >= 0.3 is 0 Å². The zero-order valence-electron chi connectivity index (χ0n) is 8.60. The summed E-state index contributed by atoms with van der Waals surface area (Å²) in [5.74, 6) is 1.05. The molecule has 0 spiro atoms. The van der Waals surface area contributed by atoms with Crippen molar-refractivity contribution in [3.8, 4) is 11.4 Å². The van der Waals surface area contributed by atoms with Crippen LogP contribution in [0, 0.1) is 0 Å². The highest BCUT2D eigenvalue weighted by molar-refractivity contribution is 5.55. The van der Waals surface area contributed by atoms with Crippen LogP contribution >= 0.6 is 0 Å². The van der Waals surface area contributed by atoms with Gasteiger partial charge in [-0.05, 0) is 18.1 Å². The van der Waals surface area contributed by atoms with Crippen molar-refractivity contribution in [2.75, 3.05) is 0 Å². The molecule has 0 aliphatic carbocycles. The minimum atomic E-state index is 0.449. The maximum absolute atomic E-state index is 4.95. The van der Waals surface area contributed by atoms with Crippen LogP contribution in [0.25, 0.3) is 17.5 Å². The summed E-state index contributed by atoms with van der Waals surface area (Å²) in [6.07, 6.45) is 2.57. The molecule has 0 fully saturated rings. The number of hydrogen-bond donors (Lipinski definition) is 0. The van der Waals surface area contributed by atoms with Gasteiger partial charge in [-0.2, -0.15) is 4.98 Å². The van der Waals surface area contributed by atoms with E-state index in [1.54, 1.807) is 0 Å². The van der Waals surface area contributed by atoms with E-state index in [0.717, 1.165) is 12.0 Å². The van der Waals surface area contributed by atoms with E-state index in [9.17, 15) is 0 Å². The van der Waals surface area contributed by atoms with Crippen LogP contribution in [0.3, 0.4) is 0 Å². The Morgan fingerprint density at radius 1 is 1.33 bits per heavy atom. The first-order valence-electron chi connectivity index (χ1n) is 4.89. The first kappa shape index (κ1) is 9.65. The van der Waals surface area contributed by atoms with Gasteiger partial charge in [-0.15, -0.1) is 0 Å². The smallest absolute Gasteiger partial charge is 0.250 e. The molecule has 2 rings (SSSR count). The Hall–Kier alpha value is -1.90. The second-order valence-electron chi connectivity index (χ2n) is 3.21. The van der Waals surface area contributed by atoms with Crippen molar-refractivity contribution in [3.05, 3.63) is 42.3 Å². The van der Waals surface area contributed by atoms with Gasteiger partial charge in [-0.3, -0.25) is 0 Å². The monoisotopic (exact) mass is 200 g/mol. The lowest BCUT2D eigenvalue weighted by Crippen LogP contribution is -1.83. The SMILES string of the molecule is C=Cc1nc(-c2ccc(CC)cc2)no1. The normalized spacial score (nSPS) is 10.2. The summed E-state index contributed by atoms with van der Waals surface area (Å²) in [6, 6.07) is 8.13. The van der Waals surface area contributed by atoms with Crippen LogP contribution in [0.4, 0.5) is 0 Å². The Bertz CT molecular complexity index is 457. The molecule has 0 radical (unpaired) electrons. The molecule has 3 heteroatoms. The number of rotatable bonds is 3. The van der Waals surface area contributed by atoms with Crippen LogP contribution in [0.15, 0.2) is 35.4 Å². The second kappa shape index (κ2) is 4.09. The molecule has 0 saturated heterocycles. The molecule has 2 aromatic rings. The van der Waals surface area contributed by atoms with Crippen LogP contribution in [-0.4, -0.2) is 10.1 Å². The molecule has 1 aromatic carbocycles. The number of aryl methyl sites for hydroxylation is 1.